The topological polar surface area (TPSA) is 75.6 Å². The van der Waals surface area contributed by atoms with Crippen LogP contribution in [0.1, 0.15) is 48.0 Å². The first-order chi connectivity index (χ1) is 7.53. The Labute approximate surface area is 103 Å². The van der Waals surface area contributed by atoms with Gasteiger partial charge in [0.05, 0.1) is 0 Å². The van der Waals surface area contributed by atoms with E-state index < -0.39 is 23.2 Å². The molecule has 0 saturated carbocycles. The quantitative estimate of drug-likeness (QED) is 0.797. The number of hydrogen-bond donors (Lipinski definition) is 2. The van der Waals surface area contributed by atoms with Crippen molar-refractivity contribution in [2.24, 2.45) is 5.92 Å². The van der Waals surface area contributed by atoms with Gasteiger partial charge in [-0.2, -0.15) is 0 Å². The van der Waals surface area contributed by atoms with Gasteiger partial charge in [-0.1, -0.05) is 20.3 Å². The Kier molecular flexibility index (Phi) is 4.98. The highest BCUT2D eigenvalue weighted by atomic mass is 16.6. The predicted molar refractivity (Wildman–Crippen MR) is 64.9 cm³/mol. The van der Waals surface area contributed by atoms with Gasteiger partial charge in [0.15, 0.2) is 0 Å². The summed E-state index contributed by atoms with van der Waals surface area (Å²) >= 11 is 0. The monoisotopic (exact) mass is 245 g/mol. The summed E-state index contributed by atoms with van der Waals surface area (Å²) in [5.41, 5.74) is -1.95. The van der Waals surface area contributed by atoms with E-state index in [4.69, 9.17) is 4.74 Å². The van der Waals surface area contributed by atoms with Crippen LogP contribution in [0.25, 0.3) is 0 Å². The number of nitrogens with one attached hydrogen (secondary N) is 1. The molecule has 0 aliphatic heterocycles. The molecule has 0 aliphatic rings. The molecular weight excluding hydrogens is 222 g/mol. The SMILES string of the molecule is CCC(C)C(C)(NC(=O)OC(C)(C)C)C(=O)O. The molecule has 0 bridgehead atoms. The van der Waals surface area contributed by atoms with Crippen LogP contribution >= 0.6 is 0 Å². The van der Waals surface area contributed by atoms with Crippen LogP contribution in [0.3, 0.4) is 0 Å². The molecular formula is C12H23NO4. The van der Waals surface area contributed by atoms with Gasteiger partial charge in [0.25, 0.3) is 0 Å². The number of aliphatic carboxylic acids is 1. The largest absolute Gasteiger partial charge is 0.480 e. The first kappa shape index (κ1) is 15.7. The van der Waals surface area contributed by atoms with Gasteiger partial charge in [0.2, 0.25) is 0 Å². The predicted octanol–water partition coefficient (Wildman–Crippen LogP) is 2.40. The van der Waals surface area contributed by atoms with Crippen LogP contribution in [0, 0.1) is 5.92 Å². The molecule has 0 rings (SSSR count). The first-order valence-electron chi connectivity index (χ1n) is 5.77. The van der Waals surface area contributed by atoms with E-state index in [9.17, 15) is 14.7 Å². The number of hydrogen-bond acceptors (Lipinski definition) is 3. The van der Waals surface area contributed by atoms with E-state index in [2.05, 4.69) is 5.32 Å². The minimum absolute atomic E-state index is 0.187. The van der Waals surface area contributed by atoms with Crippen LogP contribution in [0.4, 0.5) is 4.79 Å². The van der Waals surface area contributed by atoms with Crippen molar-refractivity contribution in [3.8, 4) is 0 Å². The summed E-state index contributed by atoms with van der Waals surface area (Å²) in [6.45, 7) is 10.3. The average molecular weight is 245 g/mol. The summed E-state index contributed by atoms with van der Waals surface area (Å²) in [5.74, 6) is -1.25. The Hall–Kier alpha value is -1.26. The highest BCUT2D eigenvalue weighted by molar-refractivity contribution is 5.84. The zero-order valence-electron chi connectivity index (χ0n) is 11.5. The molecule has 2 unspecified atom stereocenters. The Bertz CT molecular complexity index is 295. The number of carboxylic acids is 1. The first-order valence-corrected chi connectivity index (χ1v) is 5.77. The maximum atomic E-state index is 11.6. The van der Waals surface area contributed by atoms with Crippen molar-refractivity contribution in [3.05, 3.63) is 0 Å². The second-order valence-corrected chi connectivity index (χ2v) is 5.44. The number of carboxylic acid groups (broad SMARTS) is 1. The Morgan fingerprint density at radius 2 is 1.76 bits per heavy atom. The van der Waals surface area contributed by atoms with Crippen LogP contribution in [-0.4, -0.2) is 28.3 Å². The van der Waals surface area contributed by atoms with Gasteiger partial charge in [0, 0.05) is 0 Å². The van der Waals surface area contributed by atoms with Crippen molar-refractivity contribution in [2.45, 2.75) is 59.1 Å². The van der Waals surface area contributed by atoms with Crippen LogP contribution < -0.4 is 5.32 Å². The highest BCUT2D eigenvalue weighted by Gasteiger charge is 2.40. The fourth-order valence-electron chi connectivity index (χ4n) is 1.31. The van der Waals surface area contributed by atoms with Gasteiger partial charge in [-0.15, -0.1) is 0 Å². The van der Waals surface area contributed by atoms with E-state index in [1.54, 1.807) is 27.7 Å². The number of alkyl carbamates (subject to hydrolysis) is 1. The van der Waals surface area contributed by atoms with E-state index in [0.717, 1.165) is 0 Å². The summed E-state index contributed by atoms with van der Waals surface area (Å²) in [5, 5.41) is 11.7. The lowest BCUT2D eigenvalue weighted by Crippen LogP contribution is -2.57. The molecule has 0 heterocycles. The fraction of sp³-hybridized carbons (Fsp3) is 0.833. The molecule has 5 heteroatoms. The standard InChI is InChI=1S/C12H23NO4/c1-7-8(2)12(6,9(14)15)13-10(16)17-11(3,4)5/h8H,7H2,1-6H3,(H,13,16)(H,14,15). The van der Waals surface area contributed by atoms with Gasteiger partial charge >= 0.3 is 12.1 Å². The maximum Gasteiger partial charge on any atom is 0.408 e. The molecule has 100 valence electrons. The highest BCUT2D eigenvalue weighted by Crippen LogP contribution is 2.21. The van der Waals surface area contributed by atoms with Crippen molar-refractivity contribution < 1.29 is 19.4 Å². The van der Waals surface area contributed by atoms with E-state index in [1.807, 2.05) is 6.92 Å². The number of amides is 1. The van der Waals surface area contributed by atoms with Crippen molar-refractivity contribution in [3.63, 3.8) is 0 Å². The summed E-state index contributed by atoms with van der Waals surface area (Å²) in [6, 6.07) is 0. The van der Waals surface area contributed by atoms with E-state index in [1.165, 1.54) is 6.92 Å². The normalized spacial score (nSPS) is 16.8. The second-order valence-electron chi connectivity index (χ2n) is 5.44. The lowest BCUT2D eigenvalue weighted by atomic mass is 9.85. The number of carbonyl (C=O) groups is 2. The fourth-order valence-corrected chi connectivity index (χ4v) is 1.31. The number of ether oxygens (including phenoxy) is 1. The van der Waals surface area contributed by atoms with Crippen LogP contribution in [0.5, 0.6) is 0 Å². The second kappa shape index (κ2) is 5.38. The molecule has 17 heavy (non-hydrogen) atoms. The minimum atomic E-state index is -1.31. The van der Waals surface area contributed by atoms with Crippen molar-refractivity contribution in [2.75, 3.05) is 0 Å². The van der Waals surface area contributed by atoms with Crippen molar-refractivity contribution in [1.82, 2.24) is 5.32 Å². The molecule has 0 aromatic rings. The summed E-state index contributed by atoms with van der Waals surface area (Å²) in [6.07, 6.45) is -0.0544. The smallest absolute Gasteiger partial charge is 0.408 e. The third kappa shape index (κ3) is 4.63. The van der Waals surface area contributed by atoms with Crippen molar-refractivity contribution in [1.29, 1.82) is 0 Å². The molecule has 0 fully saturated rings. The van der Waals surface area contributed by atoms with Gasteiger partial charge in [-0.05, 0) is 33.6 Å². The Morgan fingerprint density at radius 3 is 2.06 bits per heavy atom. The number of carbonyl (C=O) groups excluding carboxylic acids is 1. The average Bonchev–Trinajstić information content (AvgIpc) is 2.12. The van der Waals surface area contributed by atoms with E-state index in [0.29, 0.717) is 6.42 Å². The van der Waals surface area contributed by atoms with Crippen LogP contribution in [0.15, 0.2) is 0 Å². The molecule has 1 amide bonds. The summed E-state index contributed by atoms with van der Waals surface area (Å²) < 4.78 is 5.06. The van der Waals surface area contributed by atoms with Gasteiger partial charge in [-0.25, -0.2) is 9.59 Å². The molecule has 0 saturated heterocycles. The van der Waals surface area contributed by atoms with Crippen LogP contribution in [-0.2, 0) is 9.53 Å². The Morgan fingerprint density at radius 1 is 1.29 bits per heavy atom. The zero-order valence-corrected chi connectivity index (χ0v) is 11.5. The molecule has 0 spiro atoms. The lowest BCUT2D eigenvalue weighted by molar-refractivity contribution is -0.146. The van der Waals surface area contributed by atoms with Crippen molar-refractivity contribution >= 4 is 12.1 Å². The zero-order chi connectivity index (χ0) is 13.9. The maximum absolute atomic E-state index is 11.6. The van der Waals surface area contributed by atoms with Gasteiger partial charge < -0.3 is 15.2 Å². The molecule has 2 N–H and O–H groups in total. The molecule has 2 atom stereocenters. The van der Waals surface area contributed by atoms with E-state index >= 15 is 0 Å². The molecule has 0 radical (unpaired) electrons. The van der Waals surface area contributed by atoms with E-state index in [-0.39, 0.29) is 5.92 Å². The lowest BCUT2D eigenvalue weighted by Gasteiger charge is -2.32. The minimum Gasteiger partial charge on any atom is -0.480 e. The third-order valence-corrected chi connectivity index (χ3v) is 2.80. The third-order valence-electron chi connectivity index (χ3n) is 2.80. The summed E-state index contributed by atoms with van der Waals surface area (Å²) in [7, 11) is 0. The number of rotatable bonds is 4. The molecule has 5 nitrogen and oxygen atoms in total. The van der Waals surface area contributed by atoms with Crippen LogP contribution in [0.2, 0.25) is 0 Å². The van der Waals surface area contributed by atoms with Gasteiger partial charge in [-0.3, -0.25) is 0 Å². The summed E-state index contributed by atoms with van der Waals surface area (Å²) in [4.78, 5) is 22.9. The molecule has 0 aromatic heterocycles. The Balaban J connectivity index is 4.79. The molecule has 0 aromatic carbocycles. The molecule has 0 aliphatic carbocycles. The van der Waals surface area contributed by atoms with Gasteiger partial charge in [0.1, 0.15) is 11.1 Å².